The summed E-state index contributed by atoms with van der Waals surface area (Å²) in [6.07, 6.45) is 0.650. The smallest absolute Gasteiger partial charge is 0.336 e. The Kier molecular flexibility index (Phi) is 4.35. The van der Waals surface area contributed by atoms with Gasteiger partial charge in [0.15, 0.2) is 6.10 Å². The van der Waals surface area contributed by atoms with E-state index >= 15 is 0 Å². The molecule has 1 aliphatic heterocycles. The van der Waals surface area contributed by atoms with Crippen molar-refractivity contribution in [2.45, 2.75) is 32.4 Å². The van der Waals surface area contributed by atoms with Crippen molar-refractivity contribution in [2.24, 2.45) is 5.92 Å². The maximum absolute atomic E-state index is 11.1. The summed E-state index contributed by atoms with van der Waals surface area (Å²) in [5.41, 5.74) is 0. The first-order chi connectivity index (χ1) is 6.63. The molecular formula is C10H19NO3. The monoisotopic (exact) mass is 201 g/mol. The zero-order valence-electron chi connectivity index (χ0n) is 9.08. The Hall–Kier alpha value is -0.610. The number of carbonyl (C=O) groups excluding carboxylic acids is 1. The van der Waals surface area contributed by atoms with Crippen molar-refractivity contribution in [3.63, 3.8) is 0 Å². The minimum Gasteiger partial charge on any atom is -0.467 e. The third-order valence-corrected chi connectivity index (χ3v) is 2.31. The molecule has 2 atom stereocenters. The van der Waals surface area contributed by atoms with Crippen LogP contribution in [-0.4, -0.2) is 38.4 Å². The lowest BCUT2D eigenvalue weighted by atomic mass is 10.0. The van der Waals surface area contributed by atoms with E-state index in [9.17, 15) is 4.79 Å². The first-order valence-corrected chi connectivity index (χ1v) is 5.06. The van der Waals surface area contributed by atoms with E-state index < -0.39 is 6.10 Å². The molecule has 1 saturated heterocycles. The normalized spacial score (nSPS) is 27.7. The second kappa shape index (κ2) is 5.32. The highest BCUT2D eigenvalue weighted by Gasteiger charge is 2.27. The maximum Gasteiger partial charge on any atom is 0.336 e. The molecular weight excluding hydrogens is 182 g/mol. The number of carbonyl (C=O) groups is 1. The Morgan fingerprint density at radius 1 is 1.64 bits per heavy atom. The van der Waals surface area contributed by atoms with Gasteiger partial charge in [-0.3, -0.25) is 0 Å². The minimum absolute atomic E-state index is 0.291. The predicted octanol–water partition coefficient (Wildman–Crippen LogP) is 0.562. The van der Waals surface area contributed by atoms with Crippen LogP contribution in [0.5, 0.6) is 0 Å². The average Bonchev–Trinajstić information content (AvgIpc) is 2.17. The number of nitrogens with one attached hydrogen (secondary N) is 1. The molecule has 1 fully saturated rings. The summed E-state index contributed by atoms with van der Waals surface area (Å²) in [7, 11) is 1.38. The minimum atomic E-state index is -0.427. The van der Waals surface area contributed by atoms with Crippen LogP contribution in [0.25, 0.3) is 0 Å². The molecule has 4 heteroatoms. The summed E-state index contributed by atoms with van der Waals surface area (Å²) in [5, 5.41) is 3.29. The van der Waals surface area contributed by atoms with Crippen molar-refractivity contribution in [3.8, 4) is 0 Å². The molecule has 1 aliphatic rings. The second-order valence-corrected chi connectivity index (χ2v) is 4.08. The van der Waals surface area contributed by atoms with E-state index in [0.29, 0.717) is 25.1 Å². The van der Waals surface area contributed by atoms with Crippen LogP contribution in [0.15, 0.2) is 0 Å². The Morgan fingerprint density at radius 2 is 2.36 bits per heavy atom. The Labute approximate surface area is 85.0 Å². The average molecular weight is 201 g/mol. The molecule has 0 aromatic heterocycles. The molecule has 0 aromatic carbocycles. The fourth-order valence-electron chi connectivity index (χ4n) is 1.63. The van der Waals surface area contributed by atoms with Gasteiger partial charge < -0.3 is 14.8 Å². The fraction of sp³-hybridized carbons (Fsp3) is 0.900. The Balaban J connectivity index is 2.27. The van der Waals surface area contributed by atoms with Gasteiger partial charge in [-0.25, -0.2) is 4.79 Å². The lowest BCUT2D eigenvalue weighted by Crippen LogP contribution is -2.50. The SMILES string of the molecule is COC(=O)C1CNC(CC(C)C)CO1. The molecule has 82 valence electrons. The maximum atomic E-state index is 11.1. The van der Waals surface area contributed by atoms with Crippen molar-refractivity contribution >= 4 is 5.97 Å². The van der Waals surface area contributed by atoms with E-state index in [-0.39, 0.29) is 5.97 Å². The summed E-state index contributed by atoms with van der Waals surface area (Å²) in [4.78, 5) is 11.1. The largest absolute Gasteiger partial charge is 0.467 e. The quantitative estimate of drug-likeness (QED) is 0.678. The van der Waals surface area contributed by atoms with Crippen molar-refractivity contribution in [3.05, 3.63) is 0 Å². The molecule has 0 amide bonds. The fourth-order valence-corrected chi connectivity index (χ4v) is 1.63. The zero-order chi connectivity index (χ0) is 10.6. The van der Waals surface area contributed by atoms with Gasteiger partial charge in [0.05, 0.1) is 13.7 Å². The van der Waals surface area contributed by atoms with Gasteiger partial charge in [0, 0.05) is 12.6 Å². The molecule has 1 heterocycles. The van der Waals surface area contributed by atoms with E-state index in [1.165, 1.54) is 7.11 Å². The number of rotatable bonds is 3. The van der Waals surface area contributed by atoms with Crippen LogP contribution in [0.1, 0.15) is 20.3 Å². The van der Waals surface area contributed by atoms with Crippen LogP contribution in [0, 0.1) is 5.92 Å². The van der Waals surface area contributed by atoms with Crippen LogP contribution >= 0.6 is 0 Å². The number of morpholine rings is 1. The third-order valence-electron chi connectivity index (χ3n) is 2.31. The van der Waals surface area contributed by atoms with E-state index in [2.05, 4.69) is 23.9 Å². The predicted molar refractivity (Wildman–Crippen MR) is 53.0 cm³/mol. The number of hydrogen-bond donors (Lipinski definition) is 1. The molecule has 0 aromatic rings. The molecule has 0 spiro atoms. The lowest BCUT2D eigenvalue weighted by Gasteiger charge is -2.29. The molecule has 4 nitrogen and oxygen atoms in total. The molecule has 14 heavy (non-hydrogen) atoms. The molecule has 1 N–H and O–H groups in total. The van der Waals surface area contributed by atoms with Crippen molar-refractivity contribution < 1.29 is 14.3 Å². The topological polar surface area (TPSA) is 47.6 Å². The van der Waals surface area contributed by atoms with Gasteiger partial charge in [0.25, 0.3) is 0 Å². The standard InChI is InChI=1S/C10H19NO3/c1-7(2)4-8-6-14-9(5-11-8)10(12)13-3/h7-9,11H,4-6H2,1-3H3. The summed E-state index contributed by atoms with van der Waals surface area (Å²) in [6.45, 7) is 5.50. The number of ether oxygens (including phenoxy) is 2. The van der Waals surface area contributed by atoms with Crippen LogP contribution in [0.2, 0.25) is 0 Å². The van der Waals surface area contributed by atoms with Gasteiger partial charge in [0.1, 0.15) is 0 Å². The first-order valence-electron chi connectivity index (χ1n) is 5.06. The van der Waals surface area contributed by atoms with Crippen molar-refractivity contribution in [1.29, 1.82) is 0 Å². The van der Waals surface area contributed by atoms with Crippen LogP contribution in [0.3, 0.4) is 0 Å². The summed E-state index contributed by atoms with van der Waals surface area (Å²) >= 11 is 0. The van der Waals surface area contributed by atoms with E-state index in [0.717, 1.165) is 6.42 Å². The second-order valence-electron chi connectivity index (χ2n) is 4.08. The highest BCUT2D eigenvalue weighted by atomic mass is 16.6. The number of methoxy groups -OCH3 is 1. The zero-order valence-corrected chi connectivity index (χ0v) is 9.08. The lowest BCUT2D eigenvalue weighted by molar-refractivity contribution is -0.156. The van der Waals surface area contributed by atoms with E-state index in [1.54, 1.807) is 0 Å². The molecule has 2 unspecified atom stereocenters. The number of hydrogen-bond acceptors (Lipinski definition) is 4. The van der Waals surface area contributed by atoms with Gasteiger partial charge in [-0.15, -0.1) is 0 Å². The molecule has 0 bridgehead atoms. The Bertz CT molecular complexity index is 186. The summed E-state index contributed by atoms with van der Waals surface area (Å²) < 4.78 is 10.0. The van der Waals surface area contributed by atoms with Gasteiger partial charge in [0.2, 0.25) is 0 Å². The highest BCUT2D eigenvalue weighted by Crippen LogP contribution is 2.10. The van der Waals surface area contributed by atoms with Gasteiger partial charge in [-0.2, -0.15) is 0 Å². The summed E-state index contributed by atoms with van der Waals surface area (Å²) in [6, 6.07) is 0.371. The third kappa shape index (κ3) is 3.27. The molecule has 0 aliphatic carbocycles. The number of esters is 1. The Morgan fingerprint density at radius 3 is 2.79 bits per heavy atom. The van der Waals surface area contributed by atoms with Crippen molar-refractivity contribution in [1.82, 2.24) is 5.32 Å². The molecule has 0 saturated carbocycles. The van der Waals surface area contributed by atoms with Gasteiger partial charge in [-0.1, -0.05) is 13.8 Å². The van der Waals surface area contributed by atoms with E-state index in [4.69, 9.17) is 4.74 Å². The van der Waals surface area contributed by atoms with Crippen LogP contribution in [0.4, 0.5) is 0 Å². The molecule has 0 radical (unpaired) electrons. The van der Waals surface area contributed by atoms with E-state index in [1.807, 2.05) is 0 Å². The van der Waals surface area contributed by atoms with Crippen LogP contribution < -0.4 is 5.32 Å². The van der Waals surface area contributed by atoms with Gasteiger partial charge >= 0.3 is 5.97 Å². The van der Waals surface area contributed by atoms with Gasteiger partial charge in [-0.05, 0) is 12.3 Å². The van der Waals surface area contributed by atoms with Crippen molar-refractivity contribution in [2.75, 3.05) is 20.3 Å². The first kappa shape index (κ1) is 11.5. The van der Waals surface area contributed by atoms with Crippen LogP contribution in [-0.2, 0) is 14.3 Å². The summed E-state index contributed by atoms with van der Waals surface area (Å²) in [5.74, 6) is 0.353. The highest BCUT2D eigenvalue weighted by molar-refractivity contribution is 5.74. The molecule has 1 rings (SSSR count).